The van der Waals surface area contributed by atoms with Gasteiger partial charge in [0.05, 0.1) is 6.61 Å². The Balaban J connectivity index is 2.54. The predicted molar refractivity (Wildman–Crippen MR) is 51.7 cm³/mol. The molecule has 1 unspecified atom stereocenters. The summed E-state index contributed by atoms with van der Waals surface area (Å²) in [5.74, 6) is -0.435. The predicted octanol–water partition coefficient (Wildman–Crippen LogP) is 1.15. The topological polar surface area (TPSA) is 29.5 Å². The smallest absolute Gasteiger partial charge is 0.330 e. The lowest BCUT2D eigenvalue weighted by molar-refractivity contribution is -0.137. The van der Waals surface area contributed by atoms with Crippen LogP contribution in [0.1, 0.15) is 13.3 Å². The molecular formula is C10H16FNO2. The SMILES string of the molecule is CCOC(=O)/C=C1\CCN(C)CC1F. The van der Waals surface area contributed by atoms with Gasteiger partial charge in [0, 0.05) is 19.2 Å². The summed E-state index contributed by atoms with van der Waals surface area (Å²) in [7, 11) is 1.87. The van der Waals surface area contributed by atoms with E-state index in [4.69, 9.17) is 4.74 Å². The first kappa shape index (κ1) is 11.2. The Kier molecular flexibility index (Phi) is 4.07. The zero-order valence-corrected chi connectivity index (χ0v) is 8.62. The summed E-state index contributed by atoms with van der Waals surface area (Å²) in [4.78, 5) is 13.0. The average molecular weight is 201 g/mol. The highest BCUT2D eigenvalue weighted by molar-refractivity contribution is 5.83. The molecule has 0 bridgehead atoms. The Morgan fingerprint density at radius 1 is 1.79 bits per heavy atom. The van der Waals surface area contributed by atoms with E-state index in [0.29, 0.717) is 25.1 Å². The van der Waals surface area contributed by atoms with Crippen LogP contribution in [-0.2, 0) is 9.53 Å². The highest BCUT2D eigenvalue weighted by Crippen LogP contribution is 2.18. The van der Waals surface area contributed by atoms with Crippen LogP contribution >= 0.6 is 0 Å². The third kappa shape index (κ3) is 3.10. The molecule has 0 aromatic heterocycles. The maximum atomic E-state index is 13.4. The van der Waals surface area contributed by atoms with Gasteiger partial charge in [-0.1, -0.05) is 0 Å². The van der Waals surface area contributed by atoms with E-state index in [2.05, 4.69) is 0 Å². The third-order valence-electron chi connectivity index (χ3n) is 2.25. The van der Waals surface area contributed by atoms with Gasteiger partial charge >= 0.3 is 5.97 Å². The molecule has 14 heavy (non-hydrogen) atoms. The van der Waals surface area contributed by atoms with Gasteiger partial charge in [0.25, 0.3) is 0 Å². The summed E-state index contributed by atoms with van der Waals surface area (Å²) in [5.41, 5.74) is 0.557. The minimum absolute atomic E-state index is 0.333. The van der Waals surface area contributed by atoms with Crippen LogP contribution in [0.2, 0.25) is 0 Å². The first-order chi connectivity index (χ1) is 6.63. The molecular weight excluding hydrogens is 185 g/mol. The van der Waals surface area contributed by atoms with Crippen LogP contribution in [0.25, 0.3) is 0 Å². The second-order valence-electron chi connectivity index (χ2n) is 3.45. The number of carbonyl (C=O) groups is 1. The Labute approximate surface area is 83.5 Å². The maximum absolute atomic E-state index is 13.4. The van der Waals surface area contributed by atoms with Crippen molar-refractivity contribution in [3.8, 4) is 0 Å². The Hall–Kier alpha value is -0.900. The number of alkyl halides is 1. The van der Waals surface area contributed by atoms with Crippen LogP contribution in [0.5, 0.6) is 0 Å². The van der Waals surface area contributed by atoms with Crippen molar-refractivity contribution in [1.82, 2.24) is 4.90 Å². The summed E-state index contributed by atoms with van der Waals surface area (Å²) in [6.07, 6.45) is 0.871. The largest absolute Gasteiger partial charge is 0.463 e. The van der Waals surface area contributed by atoms with Crippen LogP contribution in [-0.4, -0.2) is 43.8 Å². The molecule has 1 heterocycles. The van der Waals surface area contributed by atoms with Crippen molar-refractivity contribution in [1.29, 1.82) is 0 Å². The van der Waals surface area contributed by atoms with E-state index in [-0.39, 0.29) is 0 Å². The summed E-state index contributed by atoms with van der Waals surface area (Å²) in [6, 6.07) is 0. The monoisotopic (exact) mass is 201 g/mol. The van der Waals surface area contributed by atoms with Gasteiger partial charge in [0.1, 0.15) is 6.17 Å². The van der Waals surface area contributed by atoms with Gasteiger partial charge in [0.2, 0.25) is 0 Å². The number of hydrogen-bond donors (Lipinski definition) is 0. The lowest BCUT2D eigenvalue weighted by Crippen LogP contribution is -2.35. The fourth-order valence-corrected chi connectivity index (χ4v) is 1.46. The first-order valence-electron chi connectivity index (χ1n) is 4.83. The summed E-state index contributed by atoms with van der Waals surface area (Å²) in [5, 5.41) is 0. The highest BCUT2D eigenvalue weighted by atomic mass is 19.1. The molecule has 1 atom stereocenters. The molecule has 0 aliphatic carbocycles. The standard InChI is InChI=1S/C10H16FNO2/c1-3-14-10(13)6-8-4-5-12(2)7-9(8)11/h6,9H,3-5,7H2,1-2H3/b8-6+. The third-order valence-corrected chi connectivity index (χ3v) is 2.25. The second-order valence-corrected chi connectivity index (χ2v) is 3.45. The molecule has 1 fully saturated rings. The zero-order chi connectivity index (χ0) is 10.6. The van der Waals surface area contributed by atoms with E-state index >= 15 is 0 Å². The van der Waals surface area contributed by atoms with Gasteiger partial charge in [-0.3, -0.25) is 0 Å². The number of halogens is 1. The Morgan fingerprint density at radius 3 is 3.07 bits per heavy atom. The lowest BCUT2D eigenvalue weighted by Gasteiger charge is -2.27. The number of piperidine rings is 1. The van der Waals surface area contributed by atoms with Gasteiger partial charge in [-0.05, 0) is 26.0 Å². The van der Waals surface area contributed by atoms with E-state index in [1.807, 2.05) is 11.9 Å². The van der Waals surface area contributed by atoms with Crippen molar-refractivity contribution in [2.24, 2.45) is 0 Å². The van der Waals surface area contributed by atoms with Crippen LogP contribution in [0.3, 0.4) is 0 Å². The van der Waals surface area contributed by atoms with E-state index in [1.54, 1.807) is 6.92 Å². The first-order valence-corrected chi connectivity index (χ1v) is 4.83. The molecule has 4 heteroatoms. The minimum Gasteiger partial charge on any atom is -0.463 e. The van der Waals surface area contributed by atoms with Gasteiger partial charge < -0.3 is 9.64 Å². The number of carbonyl (C=O) groups excluding carboxylic acids is 1. The van der Waals surface area contributed by atoms with Crippen molar-refractivity contribution in [2.75, 3.05) is 26.7 Å². The van der Waals surface area contributed by atoms with Crippen LogP contribution < -0.4 is 0 Å². The highest BCUT2D eigenvalue weighted by Gasteiger charge is 2.22. The van der Waals surface area contributed by atoms with Crippen LogP contribution in [0.15, 0.2) is 11.6 Å². The van der Waals surface area contributed by atoms with Gasteiger partial charge in [0.15, 0.2) is 0 Å². The number of nitrogens with zero attached hydrogens (tertiary/aromatic N) is 1. The van der Waals surface area contributed by atoms with Crippen molar-refractivity contribution in [2.45, 2.75) is 19.5 Å². The van der Waals surface area contributed by atoms with E-state index in [0.717, 1.165) is 6.54 Å². The fraction of sp³-hybridized carbons (Fsp3) is 0.700. The number of rotatable bonds is 2. The average Bonchev–Trinajstić information content (AvgIpc) is 2.10. The maximum Gasteiger partial charge on any atom is 0.330 e. The number of esters is 1. The molecule has 0 radical (unpaired) electrons. The molecule has 0 N–H and O–H groups in total. The number of ether oxygens (including phenoxy) is 1. The van der Waals surface area contributed by atoms with Crippen molar-refractivity contribution >= 4 is 5.97 Å². The molecule has 0 aromatic carbocycles. The van der Waals surface area contributed by atoms with Gasteiger partial charge in [-0.2, -0.15) is 0 Å². The van der Waals surface area contributed by atoms with E-state index in [9.17, 15) is 9.18 Å². The van der Waals surface area contributed by atoms with Crippen LogP contribution in [0.4, 0.5) is 4.39 Å². The molecule has 1 rings (SSSR count). The van der Waals surface area contributed by atoms with Crippen LogP contribution in [0, 0.1) is 0 Å². The van der Waals surface area contributed by atoms with Crippen molar-refractivity contribution in [3.05, 3.63) is 11.6 Å². The molecule has 1 aliphatic rings. The number of likely N-dealkylation sites (tertiary alicyclic amines) is 1. The molecule has 1 saturated heterocycles. The zero-order valence-electron chi connectivity index (χ0n) is 8.62. The van der Waals surface area contributed by atoms with Gasteiger partial charge in [-0.25, -0.2) is 9.18 Å². The number of hydrogen-bond acceptors (Lipinski definition) is 3. The normalized spacial score (nSPS) is 26.5. The molecule has 1 aliphatic heterocycles. The van der Waals surface area contributed by atoms with E-state index in [1.165, 1.54) is 6.08 Å². The molecule has 0 amide bonds. The Morgan fingerprint density at radius 2 is 2.50 bits per heavy atom. The quantitative estimate of drug-likeness (QED) is 0.496. The summed E-state index contributed by atoms with van der Waals surface area (Å²) in [6.45, 7) is 3.23. The molecule has 0 spiro atoms. The van der Waals surface area contributed by atoms with E-state index < -0.39 is 12.1 Å². The fourth-order valence-electron chi connectivity index (χ4n) is 1.46. The van der Waals surface area contributed by atoms with Crippen molar-refractivity contribution < 1.29 is 13.9 Å². The summed E-state index contributed by atoms with van der Waals surface area (Å²) >= 11 is 0. The molecule has 3 nitrogen and oxygen atoms in total. The minimum atomic E-state index is -1.03. The lowest BCUT2D eigenvalue weighted by atomic mass is 10.0. The molecule has 0 aromatic rings. The second kappa shape index (κ2) is 5.10. The summed E-state index contributed by atoms with van der Waals surface area (Å²) < 4.78 is 18.1. The molecule has 80 valence electrons. The van der Waals surface area contributed by atoms with Crippen molar-refractivity contribution in [3.63, 3.8) is 0 Å². The Bertz CT molecular complexity index is 240. The van der Waals surface area contributed by atoms with Gasteiger partial charge in [-0.15, -0.1) is 0 Å². The molecule has 0 saturated carbocycles.